The molecule has 1 N–H and O–H groups in total. The second kappa shape index (κ2) is 4.79. The zero-order valence-electron chi connectivity index (χ0n) is 11.4. The number of aryl methyl sites for hydroxylation is 3. The van der Waals surface area contributed by atoms with Crippen molar-refractivity contribution in [1.82, 2.24) is 19.5 Å². The molecular formula is C13H16N4O2. The topological polar surface area (TPSA) is 80.9 Å². The van der Waals surface area contributed by atoms with E-state index in [1.807, 2.05) is 17.8 Å². The van der Waals surface area contributed by atoms with E-state index >= 15 is 0 Å². The zero-order valence-corrected chi connectivity index (χ0v) is 11.4. The van der Waals surface area contributed by atoms with Gasteiger partial charge in [0.25, 0.3) is 0 Å². The SMILES string of the molecule is Cc1nc(-c2nccn2C)nc(C)c1C(C)C(=O)O. The lowest BCUT2D eigenvalue weighted by Gasteiger charge is -2.13. The molecule has 0 radical (unpaired) electrons. The van der Waals surface area contributed by atoms with Crippen molar-refractivity contribution in [2.75, 3.05) is 0 Å². The van der Waals surface area contributed by atoms with Gasteiger partial charge in [-0.2, -0.15) is 0 Å². The van der Waals surface area contributed by atoms with Gasteiger partial charge in [0.15, 0.2) is 11.6 Å². The number of carbonyl (C=O) groups is 1. The van der Waals surface area contributed by atoms with Gasteiger partial charge in [0.1, 0.15) is 0 Å². The van der Waals surface area contributed by atoms with Gasteiger partial charge in [-0.3, -0.25) is 4.79 Å². The number of carboxylic acids is 1. The third-order valence-electron chi connectivity index (χ3n) is 3.15. The first-order valence-corrected chi connectivity index (χ1v) is 5.97. The maximum absolute atomic E-state index is 11.1. The molecule has 0 aliphatic rings. The minimum Gasteiger partial charge on any atom is -0.481 e. The lowest BCUT2D eigenvalue weighted by atomic mass is 9.98. The summed E-state index contributed by atoms with van der Waals surface area (Å²) in [4.78, 5) is 24.1. The summed E-state index contributed by atoms with van der Waals surface area (Å²) < 4.78 is 1.83. The molecule has 2 aromatic rings. The van der Waals surface area contributed by atoms with E-state index in [0.29, 0.717) is 28.6 Å². The van der Waals surface area contributed by atoms with Crippen LogP contribution in [0.2, 0.25) is 0 Å². The molecule has 100 valence electrons. The molecule has 6 heteroatoms. The van der Waals surface area contributed by atoms with Crippen molar-refractivity contribution in [2.45, 2.75) is 26.7 Å². The van der Waals surface area contributed by atoms with Crippen LogP contribution in [-0.2, 0) is 11.8 Å². The van der Waals surface area contributed by atoms with Crippen molar-refractivity contribution >= 4 is 5.97 Å². The van der Waals surface area contributed by atoms with Crippen LogP contribution >= 0.6 is 0 Å². The molecule has 19 heavy (non-hydrogen) atoms. The van der Waals surface area contributed by atoms with E-state index in [1.54, 1.807) is 27.0 Å². The van der Waals surface area contributed by atoms with Gasteiger partial charge in [0.2, 0.25) is 0 Å². The van der Waals surface area contributed by atoms with Crippen LogP contribution in [-0.4, -0.2) is 30.6 Å². The molecule has 6 nitrogen and oxygen atoms in total. The van der Waals surface area contributed by atoms with Crippen molar-refractivity contribution in [3.63, 3.8) is 0 Å². The summed E-state index contributed by atoms with van der Waals surface area (Å²) in [6, 6.07) is 0. The van der Waals surface area contributed by atoms with Gasteiger partial charge < -0.3 is 9.67 Å². The predicted molar refractivity (Wildman–Crippen MR) is 69.8 cm³/mol. The average molecular weight is 260 g/mol. The number of aliphatic carboxylic acids is 1. The van der Waals surface area contributed by atoms with Crippen molar-refractivity contribution in [2.24, 2.45) is 7.05 Å². The van der Waals surface area contributed by atoms with Gasteiger partial charge in [-0.05, 0) is 20.8 Å². The fourth-order valence-corrected chi connectivity index (χ4v) is 2.16. The number of aromatic nitrogens is 4. The molecule has 0 amide bonds. The lowest BCUT2D eigenvalue weighted by Crippen LogP contribution is -2.14. The highest BCUT2D eigenvalue weighted by molar-refractivity contribution is 5.76. The van der Waals surface area contributed by atoms with Gasteiger partial charge in [0, 0.05) is 36.4 Å². The highest BCUT2D eigenvalue weighted by atomic mass is 16.4. The van der Waals surface area contributed by atoms with E-state index in [9.17, 15) is 4.79 Å². The highest BCUT2D eigenvalue weighted by Crippen LogP contribution is 2.24. The van der Waals surface area contributed by atoms with Crippen LogP contribution in [0.1, 0.15) is 29.8 Å². The summed E-state index contributed by atoms with van der Waals surface area (Å²) in [7, 11) is 1.87. The molecule has 0 bridgehead atoms. The number of hydrogen-bond acceptors (Lipinski definition) is 4. The van der Waals surface area contributed by atoms with Gasteiger partial charge in [0.05, 0.1) is 5.92 Å². The fourth-order valence-electron chi connectivity index (χ4n) is 2.16. The van der Waals surface area contributed by atoms with E-state index < -0.39 is 11.9 Å². The molecule has 1 unspecified atom stereocenters. The molecule has 0 spiro atoms. The Balaban J connectivity index is 2.54. The van der Waals surface area contributed by atoms with E-state index in [2.05, 4.69) is 15.0 Å². The summed E-state index contributed by atoms with van der Waals surface area (Å²) in [5.41, 5.74) is 2.03. The Kier molecular flexibility index (Phi) is 3.33. The van der Waals surface area contributed by atoms with Crippen LogP contribution in [0.4, 0.5) is 0 Å². The van der Waals surface area contributed by atoms with Crippen molar-refractivity contribution < 1.29 is 9.90 Å². The third kappa shape index (κ3) is 2.33. The molecule has 0 fully saturated rings. The number of imidazole rings is 1. The Morgan fingerprint density at radius 2 is 1.89 bits per heavy atom. The first-order chi connectivity index (χ1) is 8.91. The molecular weight excluding hydrogens is 244 g/mol. The largest absolute Gasteiger partial charge is 0.481 e. The molecule has 2 rings (SSSR count). The quantitative estimate of drug-likeness (QED) is 0.908. The molecule has 0 aliphatic carbocycles. The minimum absolute atomic E-state index is 0.517. The number of carboxylic acid groups (broad SMARTS) is 1. The summed E-state index contributed by atoms with van der Waals surface area (Å²) in [5.74, 6) is -0.306. The van der Waals surface area contributed by atoms with Crippen LogP contribution in [0.3, 0.4) is 0 Å². The van der Waals surface area contributed by atoms with E-state index in [-0.39, 0.29) is 0 Å². The Morgan fingerprint density at radius 3 is 2.32 bits per heavy atom. The van der Waals surface area contributed by atoms with Crippen LogP contribution < -0.4 is 0 Å². The van der Waals surface area contributed by atoms with E-state index in [1.165, 1.54) is 0 Å². The van der Waals surface area contributed by atoms with Crippen molar-refractivity contribution in [3.05, 3.63) is 29.3 Å². The van der Waals surface area contributed by atoms with Gasteiger partial charge in [-0.1, -0.05) is 0 Å². The van der Waals surface area contributed by atoms with Crippen LogP contribution in [0.5, 0.6) is 0 Å². The van der Waals surface area contributed by atoms with Gasteiger partial charge in [-0.15, -0.1) is 0 Å². The Morgan fingerprint density at radius 1 is 1.32 bits per heavy atom. The summed E-state index contributed by atoms with van der Waals surface area (Å²) in [5, 5.41) is 9.11. The predicted octanol–water partition coefficient (Wildman–Crippen LogP) is 1.68. The minimum atomic E-state index is -0.875. The van der Waals surface area contributed by atoms with Gasteiger partial charge >= 0.3 is 5.97 Å². The first-order valence-electron chi connectivity index (χ1n) is 5.97. The molecule has 0 saturated carbocycles. The van der Waals surface area contributed by atoms with Crippen LogP contribution in [0, 0.1) is 13.8 Å². The number of rotatable bonds is 3. The standard InChI is InChI=1S/C13H16N4O2/c1-7(13(18)19)10-8(2)15-11(16-9(10)3)12-14-5-6-17(12)4/h5-7H,1-4H3,(H,18,19). The Bertz CT molecular complexity index is 610. The summed E-state index contributed by atoms with van der Waals surface area (Å²) in [6.45, 7) is 5.24. The normalized spacial score (nSPS) is 12.4. The Labute approximate surface area is 111 Å². The monoisotopic (exact) mass is 260 g/mol. The lowest BCUT2D eigenvalue weighted by molar-refractivity contribution is -0.138. The second-order valence-electron chi connectivity index (χ2n) is 4.55. The molecule has 2 heterocycles. The zero-order chi connectivity index (χ0) is 14.2. The maximum atomic E-state index is 11.1. The number of hydrogen-bond donors (Lipinski definition) is 1. The summed E-state index contributed by atoms with van der Waals surface area (Å²) in [6.07, 6.45) is 3.49. The number of nitrogens with zero attached hydrogens (tertiary/aromatic N) is 4. The molecule has 2 aromatic heterocycles. The molecule has 0 aliphatic heterocycles. The molecule has 1 atom stereocenters. The molecule has 0 saturated heterocycles. The first kappa shape index (κ1) is 13.2. The third-order valence-corrected chi connectivity index (χ3v) is 3.15. The highest BCUT2D eigenvalue weighted by Gasteiger charge is 2.21. The van der Waals surface area contributed by atoms with E-state index in [0.717, 1.165) is 0 Å². The van der Waals surface area contributed by atoms with Crippen molar-refractivity contribution in [1.29, 1.82) is 0 Å². The van der Waals surface area contributed by atoms with Crippen LogP contribution in [0.15, 0.2) is 12.4 Å². The Hall–Kier alpha value is -2.24. The smallest absolute Gasteiger partial charge is 0.310 e. The summed E-state index contributed by atoms with van der Waals surface area (Å²) >= 11 is 0. The molecule has 0 aromatic carbocycles. The average Bonchev–Trinajstić information content (AvgIpc) is 2.74. The van der Waals surface area contributed by atoms with Crippen molar-refractivity contribution in [3.8, 4) is 11.6 Å². The second-order valence-corrected chi connectivity index (χ2v) is 4.55. The van der Waals surface area contributed by atoms with Gasteiger partial charge in [-0.25, -0.2) is 15.0 Å². The maximum Gasteiger partial charge on any atom is 0.310 e. The van der Waals surface area contributed by atoms with E-state index in [4.69, 9.17) is 5.11 Å². The fraction of sp³-hybridized carbons (Fsp3) is 0.385. The van der Waals surface area contributed by atoms with Crippen LogP contribution in [0.25, 0.3) is 11.6 Å².